The fourth-order valence-electron chi connectivity index (χ4n) is 3.60. The van der Waals surface area contributed by atoms with Crippen LogP contribution in [-0.2, 0) is 0 Å². The van der Waals surface area contributed by atoms with E-state index in [0.29, 0.717) is 0 Å². The molecule has 0 atom stereocenters. The maximum absolute atomic E-state index is 2.35. The first-order chi connectivity index (χ1) is 12.1. The Hall–Kier alpha value is 0.440. The molecule has 0 radical (unpaired) electrons. The van der Waals surface area contributed by atoms with Crippen LogP contribution in [0.2, 0.25) is 0 Å². The lowest BCUT2D eigenvalue weighted by Crippen LogP contribution is -3.00. The molecule has 0 heterocycles. The van der Waals surface area contributed by atoms with Crippen molar-refractivity contribution >= 4 is 0 Å². The molecule has 0 aromatic carbocycles. The van der Waals surface area contributed by atoms with E-state index in [-0.39, 0.29) is 17.0 Å². The van der Waals surface area contributed by atoms with Crippen molar-refractivity contribution in [3.05, 3.63) is 0 Å². The molecule has 0 spiro atoms. The summed E-state index contributed by atoms with van der Waals surface area (Å²) in [5.74, 6) is 0. The van der Waals surface area contributed by atoms with E-state index in [9.17, 15) is 0 Å². The molecule has 0 aromatic rings. The van der Waals surface area contributed by atoms with Crippen LogP contribution < -0.4 is 17.0 Å². The highest BCUT2D eigenvalue weighted by Gasteiger charge is 2.09. The van der Waals surface area contributed by atoms with Gasteiger partial charge in [0.05, 0.1) is 27.2 Å². The monoisotopic (exact) mass is 433 g/mol. The van der Waals surface area contributed by atoms with E-state index in [1.807, 2.05) is 0 Å². The normalized spacial score (nSPS) is 11.5. The Morgan fingerprint density at radius 2 is 0.692 bits per heavy atom. The van der Waals surface area contributed by atoms with Crippen molar-refractivity contribution in [1.29, 1.82) is 0 Å². The van der Waals surface area contributed by atoms with Crippen LogP contribution in [-0.4, -0.2) is 31.7 Å². The number of hydrogen-bond donors (Lipinski definition) is 0. The quantitative estimate of drug-likeness (QED) is 0.184. The smallest absolute Gasteiger partial charge is 0.0782 e. The van der Waals surface area contributed by atoms with Crippen molar-refractivity contribution < 1.29 is 21.5 Å². The third kappa shape index (κ3) is 22.5. The molecule has 160 valence electrons. The minimum absolute atomic E-state index is 0. The van der Waals surface area contributed by atoms with Gasteiger partial charge in [0.1, 0.15) is 0 Å². The Bertz CT molecular complexity index is 253. The highest BCUT2D eigenvalue weighted by Crippen LogP contribution is 2.14. The summed E-state index contributed by atoms with van der Waals surface area (Å²) < 4.78 is 1.19. The molecule has 0 aliphatic heterocycles. The molecule has 0 N–H and O–H groups in total. The second kappa shape index (κ2) is 21.7. The van der Waals surface area contributed by atoms with Gasteiger partial charge in [-0.1, -0.05) is 110 Å². The van der Waals surface area contributed by atoms with E-state index in [2.05, 4.69) is 27.9 Å². The van der Waals surface area contributed by atoms with Crippen LogP contribution in [0.15, 0.2) is 0 Å². The van der Waals surface area contributed by atoms with E-state index in [1.165, 1.54) is 133 Å². The van der Waals surface area contributed by atoms with E-state index < -0.39 is 0 Å². The summed E-state index contributed by atoms with van der Waals surface area (Å²) in [6, 6.07) is 0. The topological polar surface area (TPSA) is 0 Å². The number of quaternary nitrogens is 1. The van der Waals surface area contributed by atoms with Gasteiger partial charge in [-0.25, -0.2) is 0 Å². The molecule has 26 heavy (non-hydrogen) atoms. The summed E-state index contributed by atoms with van der Waals surface area (Å²) in [5, 5.41) is 0. The van der Waals surface area contributed by atoms with Gasteiger partial charge in [0.25, 0.3) is 0 Å². The largest absolute Gasteiger partial charge is 1.00 e. The lowest BCUT2D eigenvalue weighted by atomic mass is 10.0. The third-order valence-corrected chi connectivity index (χ3v) is 5.97. The average molecular weight is 435 g/mol. The van der Waals surface area contributed by atoms with Gasteiger partial charge in [0.2, 0.25) is 0 Å². The highest BCUT2D eigenvalue weighted by molar-refractivity contribution is 4.50. The molecule has 0 rings (SSSR count). The maximum atomic E-state index is 2.35. The number of rotatable bonds is 20. The van der Waals surface area contributed by atoms with Crippen LogP contribution >= 0.6 is 0 Å². The molecule has 0 fully saturated rings. The van der Waals surface area contributed by atoms with Gasteiger partial charge in [0.15, 0.2) is 0 Å². The zero-order valence-electron chi connectivity index (χ0n) is 19.0. The third-order valence-electron chi connectivity index (χ3n) is 5.97. The Labute approximate surface area is 178 Å². The molecule has 0 saturated heterocycles. The van der Waals surface area contributed by atoms with Gasteiger partial charge in [0, 0.05) is 0 Å². The molecule has 1 nitrogen and oxygen atoms in total. The zero-order chi connectivity index (χ0) is 18.6. The Kier molecular flexibility index (Phi) is 24.0. The van der Waals surface area contributed by atoms with Crippen LogP contribution in [0.3, 0.4) is 0 Å². The molecular formula is C24H52BrN. The summed E-state index contributed by atoms with van der Waals surface area (Å²) >= 11 is 0. The highest BCUT2D eigenvalue weighted by atomic mass is 79.9. The number of halogens is 1. The standard InChI is InChI=1S/C24H52N.BrH/c1-5-7-8-9-10-11-12-13-14-15-16-17-18-19-20-21-22-23-24-25(3,4)6-2;/h5-24H2,1-4H3;1H/q+1;/p-1. The van der Waals surface area contributed by atoms with Crippen LogP contribution in [0.5, 0.6) is 0 Å². The maximum Gasteiger partial charge on any atom is 0.0782 e. The first kappa shape index (κ1) is 28.6. The van der Waals surface area contributed by atoms with Gasteiger partial charge in [-0.15, -0.1) is 0 Å². The first-order valence-corrected chi connectivity index (χ1v) is 11.9. The van der Waals surface area contributed by atoms with Crippen LogP contribution in [0, 0.1) is 0 Å². The van der Waals surface area contributed by atoms with Crippen molar-refractivity contribution in [2.75, 3.05) is 27.2 Å². The van der Waals surface area contributed by atoms with E-state index >= 15 is 0 Å². The Morgan fingerprint density at radius 3 is 0.962 bits per heavy atom. The predicted octanol–water partition coefficient (Wildman–Crippen LogP) is 5.13. The number of hydrogen-bond acceptors (Lipinski definition) is 0. The van der Waals surface area contributed by atoms with Crippen LogP contribution in [0.4, 0.5) is 0 Å². The van der Waals surface area contributed by atoms with Crippen LogP contribution in [0.25, 0.3) is 0 Å². The van der Waals surface area contributed by atoms with Gasteiger partial charge in [-0.05, 0) is 19.8 Å². The van der Waals surface area contributed by atoms with Gasteiger partial charge in [-0.3, -0.25) is 0 Å². The van der Waals surface area contributed by atoms with E-state index in [4.69, 9.17) is 0 Å². The first-order valence-electron chi connectivity index (χ1n) is 11.9. The summed E-state index contributed by atoms with van der Waals surface area (Å²) in [6.07, 6.45) is 26.4. The van der Waals surface area contributed by atoms with Crippen molar-refractivity contribution in [2.45, 2.75) is 129 Å². The second-order valence-electron chi connectivity index (χ2n) is 8.99. The van der Waals surface area contributed by atoms with Crippen LogP contribution in [0.1, 0.15) is 129 Å². The molecule has 0 aromatic heterocycles. The van der Waals surface area contributed by atoms with Crippen molar-refractivity contribution in [1.82, 2.24) is 0 Å². The minimum atomic E-state index is 0. The fraction of sp³-hybridized carbons (Fsp3) is 1.00. The summed E-state index contributed by atoms with van der Waals surface area (Å²) in [6.45, 7) is 7.22. The molecule has 0 amide bonds. The molecule has 0 saturated carbocycles. The van der Waals surface area contributed by atoms with Gasteiger partial charge >= 0.3 is 0 Å². The minimum Gasteiger partial charge on any atom is -1.00 e. The lowest BCUT2D eigenvalue weighted by Gasteiger charge is -2.28. The van der Waals surface area contributed by atoms with E-state index in [0.717, 1.165) is 0 Å². The molecule has 0 aliphatic carbocycles. The Balaban J connectivity index is 0. The molecule has 2 heteroatoms. The van der Waals surface area contributed by atoms with Crippen molar-refractivity contribution in [3.8, 4) is 0 Å². The molecule has 0 bridgehead atoms. The SMILES string of the molecule is CCCCCCCCCCCCCCCCCCCC[N+](C)(C)CC.[Br-]. The fourth-order valence-corrected chi connectivity index (χ4v) is 3.60. The van der Waals surface area contributed by atoms with Crippen molar-refractivity contribution in [3.63, 3.8) is 0 Å². The van der Waals surface area contributed by atoms with Gasteiger partial charge in [-0.2, -0.15) is 0 Å². The summed E-state index contributed by atoms with van der Waals surface area (Å²) in [5.41, 5.74) is 0. The predicted molar refractivity (Wildman–Crippen MR) is 116 cm³/mol. The Morgan fingerprint density at radius 1 is 0.423 bits per heavy atom. The summed E-state index contributed by atoms with van der Waals surface area (Å²) in [7, 11) is 4.71. The van der Waals surface area contributed by atoms with Gasteiger partial charge < -0.3 is 21.5 Å². The zero-order valence-corrected chi connectivity index (χ0v) is 20.6. The average Bonchev–Trinajstić information content (AvgIpc) is 2.60. The lowest BCUT2D eigenvalue weighted by molar-refractivity contribution is -0.888. The number of nitrogens with zero attached hydrogens (tertiary/aromatic N) is 1. The molecule has 0 aliphatic rings. The summed E-state index contributed by atoms with van der Waals surface area (Å²) in [4.78, 5) is 0. The number of unbranched alkanes of at least 4 members (excludes halogenated alkanes) is 17. The molecular weight excluding hydrogens is 382 g/mol. The van der Waals surface area contributed by atoms with E-state index in [1.54, 1.807) is 0 Å². The van der Waals surface area contributed by atoms with Crippen molar-refractivity contribution in [2.24, 2.45) is 0 Å². The second-order valence-corrected chi connectivity index (χ2v) is 8.99. The molecule has 0 unspecified atom stereocenters.